The quantitative estimate of drug-likeness (QED) is 0.479. The summed E-state index contributed by atoms with van der Waals surface area (Å²) in [5, 5.41) is 6.36. The number of esters is 1. The first-order valence-electron chi connectivity index (χ1n) is 7.57. The number of hydrogen-bond acceptors (Lipinski definition) is 4. The van der Waals surface area contributed by atoms with Gasteiger partial charge in [0.25, 0.3) is 0 Å². The Balaban J connectivity index is 2.39. The number of carbonyl (C=O) groups excluding carboxylic acids is 1. The summed E-state index contributed by atoms with van der Waals surface area (Å²) in [5.41, 5.74) is 3.90. The maximum atomic E-state index is 12.0. The zero-order valence-electron chi connectivity index (χ0n) is 14.0. The van der Waals surface area contributed by atoms with Crippen molar-refractivity contribution >= 4 is 17.4 Å². The lowest BCUT2D eigenvalue weighted by Crippen LogP contribution is -2.36. The van der Waals surface area contributed by atoms with E-state index in [1.54, 1.807) is 11.9 Å². The van der Waals surface area contributed by atoms with Gasteiger partial charge in [0.15, 0.2) is 0 Å². The SMILES string of the molecule is COC(=O)C(C)N(/N=C(/C)c1ccc(C)cc1)c1ccccc1. The monoisotopic (exact) mass is 310 g/mol. The van der Waals surface area contributed by atoms with E-state index in [0.717, 1.165) is 17.0 Å². The topological polar surface area (TPSA) is 41.9 Å². The molecular weight excluding hydrogens is 288 g/mol. The number of benzene rings is 2. The lowest BCUT2D eigenvalue weighted by atomic mass is 10.1. The Morgan fingerprint density at radius 1 is 1.09 bits per heavy atom. The molecular formula is C19H22N2O2. The molecule has 0 amide bonds. The zero-order valence-corrected chi connectivity index (χ0v) is 14.0. The van der Waals surface area contributed by atoms with Crippen LogP contribution in [0.2, 0.25) is 0 Å². The number of hydrazone groups is 1. The number of anilines is 1. The van der Waals surface area contributed by atoms with E-state index in [4.69, 9.17) is 4.74 Å². The minimum atomic E-state index is -0.511. The number of aryl methyl sites for hydroxylation is 1. The van der Waals surface area contributed by atoms with Crippen LogP contribution in [0, 0.1) is 6.92 Å². The van der Waals surface area contributed by atoms with E-state index >= 15 is 0 Å². The van der Waals surface area contributed by atoms with Crippen molar-refractivity contribution in [2.75, 3.05) is 12.1 Å². The summed E-state index contributed by atoms with van der Waals surface area (Å²) in [6.45, 7) is 5.77. The third kappa shape index (κ3) is 4.19. The summed E-state index contributed by atoms with van der Waals surface area (Å²) >= 11 is 0. The largest absolute Gasteiger partial charge is 0.467 e. The third-order valence-corrected chi connectivity index (χ3v) is 3.66. The Labute approximate surface area is 137 Å². The molecule has 2 aromatic carbocycles. The van der Waals surface area contributed by atoms with Gasteiger partial charge in [-0.1, -0.05) is 48.0 Å². The highest BCUT2D eigenvalue weighted by molar-refractivity contribution is 5.99. The first-order valence-corrected chi connectivity index (χ1v) is 7.57. The molecule has 0 heterocycles. The predicted molar refractivity (Wildman–Crippen MR) is 93.8 cm³/mol. The second kappa shape index (κ2) is 7.58. The van der Waals surface area contributed by atoms with Gasteiger partial charge in [0.2, 0.25) is 0 Å². The maximum absolute atomic E-state index is 12.0. The number of methoxy groups -OCH3 is 1. The second-order valence-corrected chi connectivity index (χ2v) is 5.43. The molecule has 120 valence electrons. The highest BCUT2D eigenvalue weighted by Crippen LogP contribution is 2.19. The molecule has 0 bridgehead atoms. The Bertz CT molecular complexity index is 678. The van der Waals surface area contributed by atoms with Gasteiger partial charge in [-0.15, -0.1) is 0 Å². The van der Waals surface area contributed by atoms with Crippen LogP contribution >= 0.6 is 0 Å². The van der Waals surface area contributed by atoms with Crippen molar-refractivity contribution in [2.24, 2.45) is 5.10 Å². The van der Waals surface area contributed by atoms with E-state index in [0.29, 0.717) is 0 Å². The molecule has 0 spiro atoms. The van der Waals surface area contributed by atoms with Gasteiger partial charge in [-0.3, -0.25) is 5.01 Å². The molecule has 0 saturated carbocycles. The molecule has 0 radical (unpaired) electrons. The molecule has 4 heteroatoms. The van der Waals surface area contributed by atoms with Crippen LogP contribution in [0.3, 0.4) is 0 Å². The van der Waals surface area contributed by atoms with Gasteiger partial charge in [-0.2, -0.15) is 5.10 Å². The van der Waals surface area contributed by atoms with Crippen molar-refractivity contribution in [3.8, 4) is 0 Å². The number of ether oxygens (including phenoxy) is 1. The molecule has 4 nitrogen and oxygen atoms in total. The van der Waals surface area contributed by atoms with Crippen molar-refractivity contribution in [2.45, 2.75) is 26.8 Å². The highest BCUT2D eigenvalue weighted by Gasteiger charge is 2.22. The van der Waals surface area contributed by atoms with Crippen LogP contribution in [0.4, 0.5) is 5.69 Å². The molecule has 0 saturated heterocycles. The smallest absolute Gasteiger partial charge is 0.330 e. The van der Waals surface area contributed by atoms with Crippen molar-refractivity contribution in [1.82, 2.24) is 0 Å². The van der Waals surface area contributed by atoms with Gasteiger partial charge < -0.3 is 4.74 Å². The molecule has 0 N–H and O–H groups in total. The molecule has 0 aliphatic carbocycles. The summed E-state index contributed by atoms with van der Waals surface area (Å²) in [5.74, 6) is -0.325. The third-order valence-electron chi connectivity index (χ3n) is 3.66. The van der Waals surface area contributed by atoms with Crippen molar-refractivity contribution in [3.63, 3.8) is 0 Å². The fourth-order valence-electron chi connectivity index (χ4n) is 2.23. The molecule has 0 aliphatic heterocycles. The Morgan fingerprint density at radius 3 is 2.26 bits per heavy atom. The van der Waals surface area contributed by atoms with E-state index in [-0.39, 0.29) is 5.97 Å². The van der Waals surface area contributed by atoms with Crippen LogP contribution in [-0.4, -0.2) is 24.8 Å². The molecule has 2 rings (SSSR count). The molecule has 0 fully saturated rings. The first-order chi connectivity index (χ1) is 11.0. The Morgan fingerprint density at radius 2 is 1.70 bits per heavy atom. The minimum Gasteiger partial charge on any atom is -0.467 e. The van der Waals surface area contributed by atoms with E-state index in [9.17, 15) is 4.79 Å². The lowest BCUT2D eigenvalue weighted by molar-refractivity contribution is -0.141. The van der Waals surface area contributed by atoms with Crippen LogP contribution in [0.15, 0.2) is 59.7 Å². The van der Waals surface area contributed by atoms with E-state index in [2.05, 4.69) is 5.10 Å². The molecule has 23 heavy (non-hydrogen) atoms. The average molecular weight is 310 g/mol. The van der Waals surface area contributed by atoms with Gasteiger partial charge in [-0.25, -0.2) is 4.79 Å². The maximum Gasteiger partial charge on any atom is 0.330 e. The number of para-hydroxylation sites is 1. The standard InChI is InChI=1S/C19H22N2O2/c1-14-10-12-17(13-11-14)15(2)20-21(16(3)19(22)23-4)18-8-6-5-7-9-18/h5-13,16H,1-4H3/b20-15-. The number of hydrogen-bond donors (Lipinski definition) is 0. The average Bonchev–Trinajstić information content (AvgIpc) is 2.59. The van der Waals surface area contributed by atoms with E-state index in [1.807, 2.05) is 68.4 Å². The van der Waals surface area contributed by atoms with Crippen molar-refractivity contribution < 1.29 is 9.53 Å². The Kier molecular flexibility index (Phi) is 5.52. The van der Waals surface area contributed by atoms with Crippen LogP contribution in [-0.2, 0) is 9.53 Å². The molecule has 0 aliphatic rings. The fraction of sp³-hybridized carbons (Fsp3) is 0.263. The van der Waals surface area contributed by atoms with Crippen LogP contribution in [0.25, 0.3) is 0 Å². The van der Waals surface area contributed by atoms with Gasteiger partial charge in [0.05, 0.1) is 18.5 Å². The molecule has 0 aromatic heterocycles. The number of carbonyl (C=O) groups is 1. The normalized spacial score (nSPS) is 12.6. The van der Waals surface area contributed by atoms with Crippen LogP contribution in [0.1, 0.15) is 25.0 Å². The van der Waals surface area contributed by atoms with Gasteiger partial charge in [-0.05, 0) is 38.5 Å². The van der Waals surface area contributed by atoms with Crippen LogP contribution in [0.5, 0.6) is 0 Å². The Hall–Kier alpha value is -2.62. The van der Waals surface area contributed by atoms with Crippen molar-refractivity contribution in [1.29, 1.82) is 0 Å². The summed E-state index contributed by atoms with van der Waals surface area (Å²) in [6, 6.07) is 17.3. The number of rotatable bonds is 5. The van der Waals surface area contributed by atoms with Gasteiger partial charge in [0.1, 0.15) is 6.04 Å². The van der Waals surface area contributed by atoms with Gasteiger partial charge in [0, 0.05) is 0 Å². The minimum absolute atomic E-state index is 0.325. The zero-order chi connectivity index (χ0) is 16.8. The lowest BCUT2D eigenvalue weighted by Gasteiger charge is -2.25. The van der Waals surface area contributed by atoms with Gasteiger partial charge >= 0.3 is 5.97 Å². The molecule has 1 unspecified atom stereocenters. The summed E-state index contributed by atoms with van der Waals surface area (Å²) in [4.78, 5) is 12.0. The summed E-state index contributed by atoms with van der Waals surface area (Å²) < 4.78 is 4.87. The van der Waals surface area contributed by atoms with E-state index < -0.39 is 6.04 Å². The predicted octanol–water partition coefficient (Wildman–Crippen LogP) is 3.79. The highest BCUT2D eigenvalue weighted by atomic mass is 16.5. The number of nitrogens with zero attached hydrogens (tertiary/aromatic N) is 2. The summed E-state index contributed by atoms with van der Waals surface area (Å²) in [6.07, 6.45) is 0. The second-order valence-electron chi connectivity index (χ2n) is 5.43. The first kappa shape index (κ1) is 16.7. The van der Waals surface area contributed by atoms with Crippen LogP contribution < -0.4 is 5.01 Å². The molecule has 1 atom stereocenters. The fourth-order valence-corrected chi connectivity index (χ4v) is 2.23. The summed E-state index contributed by atoms with van der Waals surface area (Å²) in [7, 11) is 1.39. The van der Waals surface area contributed by atoms with E-state index in [1.165, 1.54) is 12.7 Å². The molecule has 2 aromatic rings. The van der Waals surface area contributed by atoms with Crippen molar-refractivity contribution in [3.05, 3.63) is 65.7 Å².